The average molecular weight is 310 g/mol. The first-order chi connectivity index (χ1) is 10.7. The van der Waals surface area contributed by atoms with E-state index in [2.05, 4.69) is 6.92 Å². The van der Waals surface area contributed by atoms with Gasteiger partial charge in [0.1, 0.15) is 12.4 Å². The SMILES string of the molecule is CCCCCCOC(COC(=O)c1ccc(O)cc1)OCC. The van der Waals surface area contributed by atoms with Crippen LogP contribution in [0.2, 0.25) is 0 Å². The predicted octanol–water partition coefficient (Wildman–Crippen LogP) is 3.51. The van der Waals surface area contributed by atoms with Gasteiger partial charge in [0.25, 0.3) is 0 Å². The van der Waals surface area contributed by atoms with Gasteiger partial charge in [-0.1, -0.05) is 26.2 Å². The molecule has 1 atom stereocenters. The maximum atomic E-state index is 11.9. The van der Waals surface area contributed by atoms with Crippen molar-refractivity contribution in [3.63, 3.8) is 0 Å². The van der Waals surface area contributed by atoms with Gasteiger partial charge in [0.2, 0.25) is 0 Å². The van der Waals surface area contributed by atoms with Crippen LogP contribution in [0.15, 0.2) is 24.3 Å². The van der Waals surface area contributed by atoms with Crippen molar-refractivity contribution in [2.45, 2.75) is 45.8 Å². The van der Waals surface area contributed by atoms with Crippen molar-refractivity contribution in [1.82, 2.24) is 0 Å². The van der Waals surface area contributed by atoms with E-state index in [9.17, 15) is 9.90 Å². The van der Waals surface area contributed by atoms with Crippen LogP contribution in [0, 0.1) is 0 Å². The lowest BCUT2D eigenvalue weighted by atomic mass is 10.2. The zero-order valence-corrected chi connectivity index (χ0v) is 13.4. The summed E-state index contributed by atoms with van der Waals surface area (Å²) in [6.45, 7) is 5.18. The van der Waals surface area contributed by atoms with Gasteiger partial charge in [0.15, 0.2) is 6.29 Å². The number of ether oxygens (including phenoxy) is 3. The van der Waals surface area contributed by atoms with Gasteiger partial charge in [-0.15, -0.1) is 0 Å². The molecular formula is C17H26O5. The fraction of sp³-hybridized carbons (Fsp3) is 0.588. The van der Waals surface area contributed by atoms with Crippen molar-refractivity contribution in [1.29, 1.82) is 0 Å². The van der Waals surface area contributed by atoms with Crippen LogP contribution in [0.5, 0.6) is 5.75 Å². The van der Waals surface area contributed by atoms with Gasteiger partial charge in [-0.25, -0.2) is 4.79 Å². The Morgan fingerprint density at radius 3 is 2.45 bits per heavy atom. The van der Waals surface area contributed by atoms with Crippen molar-refractivity contribution in [3.05, 3.63) is 29.8 Å². The highest BCUT2D eigenvalue weighted by atomic mass is 16.7. The minimum absolute atomic E-state index is 0.0569. The first kappa shape index (κ1) is 18.5. The molecule has 5 heteroatoms. The maximum absolute atomic E-state index is 11.9. The summed E-state index contributed by atoms with van der Waals surface area (Å²) in [7, 11) is 0. The second-order valence-electron chi connectivity index (χ2n) is 4.96. The lowest BCUT2D eigenvalue weighted by Gasteiger charge is -2.17. The largest absolute Gasteiger partial charge is 0.508 e. The number of phenolic OH excluding ortho intramolecular Hbond substituents is 1. The molecule has 0 fully saturated rings. The third-order valence-electron chi connectivity index (χ3n) is 3.11. The lowest BCUT2D eigenvalue weighted by molar-refractivity contribution is -0.161. The molecule has 0 heterocycles. The van der Waals surface area contributed by atoms with Crippen molar-refractivity contribution >= 4 is 5.97 Å². The summed E-state index contributed by atoms with van der Waals surface area (Å²) in [4.78, 5) is 11.9. The number of phenols is 1. The Kier molecular flexibility index (Phi) is 9.26. The van der Waals surface area contributed by atoms with Crippen LogP contribution in [0.1, 0.15) is 49.9 Å². The molecule has 1 rings (SSSR count). The highest BCUT2D eigenvalue weighted by Crippen LogP contribution is 2.11. The molecule has 0 aliphatic carbocycles. The molecule has 0 aliphatic heterocycles. The number of unbranched alkanes of at least 4 members (excludes halogenated alkanes) is 3. The minimum Gasteiger partial charge on any atom is -0.508 e. The first-order valence-corrected chi connectivity index (χ1v) is 7.86. The summed E-state index contributed by atoms with van der Waals surface area (Å²) in [5, 5.41) is 9.19. The van der Waals surface area contributed by atoms with Crippen LogP contribution >= 0.6 is 0 Å². The molecule has 0 radical (unpaired) electrons. The normalized spacial score (nSPS) is 12.1. The number of esters is 1. The Balaban J connectivity index is 2.33. The second kappa shape index (κ2) is 11.0. The van der Waals surface area contributed by atoms with E-state index in [1.54, 1.807) is 0 Å². The van der Waals surface area contributed by atoms with Gasteiger partial charge < -0.3 is 19.3 Å². The molecule has 124 valence electrons. The number of hydrogen-bond donors (Lipinski definition) is 1. The van der Waals surface area contributed by atoms with Gasteiger partial charge in [0, 0.05) is 13.2 Å². The maximum Gasteiger partial charge on any atom is 0.338 e. The van der Waals surface area contributed by atoms with Gasteiger partial charge in [-0.05, 0) is 37.6 Å². The van der Waals surface area contributed by atoms with Crippen molar-refractivity contribution in [2.75, 3.05) is 19.8 Å². The number of carbonyl (C=O) groups excluding carboxylic acids is 1. The molecule has 0 bridgehead atoms. The summed E-state index contributed by atoms with van der Waals surface area (Å²) in [6.07, 6.45) is 3.94. The molecule has 0 aromatic heterocycles. The van der Waals surface area contributed by atoms with E-state index >= 15 is 0 Å². The number of aromatic hydroxyl groups is 1. The molecule has 0 amide bonds. The van der Waals surface area contributed by atoms with E-state index in [-0.39, 0.29) is 12.4 Å². The third kappa shape index (κ3) is 7.43. The van der Waals surface area contributed by atoms with Crippen molar-refractivity contribution < 1.29 is 24.1 Å². The topological polar surface area (TPSA) is 65.0 Å². The predicted molar refractivity (Wildman–Crippen MR) is 83.9 cm³/mol. The smallest absolute Gasteiger partial charge is 0.338 e. The number of rotatable bonds is 11. The minimum atomic E-state index is -0.535. The molecule has 1 unspecified atom stereocenters. The molecule has 5 nitrogen and oxygen atoms in total. The zero-order valence-electron chi connectivity index (χ0n) is 13.4. The highest BCUT2D eigenvalue weighted by Gasteiger charge is 2.13. The van der Waals surface area contributed by atoms with E-state index in [4.69, 9.17) is 14.2 Å². The molecule has 1 aromatic carbocycles. The van der Waals surface area contributed by atoms with Crippen molar-refractivity contribution in [3.8, 4) is 5.75 Å². The van der Waals surface area contributed by atoms with Gasteiger partial charge in [0.05, 0.1) is 5.56 Å². The Labute approximate surface area is 132 Å². The standard InChI is InChI=1S/C17H26O5/c1-3-5-6-7-12-21-16(20-4-2)13-22-17(19)14-8-10-15(18)11-9-14/h8-11,16,18H,3-7,12-13H2,1-2H3. The zero-order chi connectivity index (χ0) is 16.2. The molecule has 1 aromatic rings. The first-order valence-electron chi connectivity index (χ1n) is 7.86. The lowest BCUT2D eigenvalue weighted by Crippen LogP contribution is -2.26. The number of hydrogen-bond acceptors (Lipinski definition) is 5. The van der Waals surface area contributed by atoms with E-state index < -0.39 is 12.3 Å². The summed E-state index contributed by atoms with van der Waals surface area (Å²) in [5.74, 6) is -0.349. The van der Waals surface area contributed by atoms with Gasteiger partial charge in [-0.2, -0.15) is 0 Å². The second-order valence-corrected chi connectivity index (χ2v) is 4.96. The fourth-order valence-electron chi connectivity index (χ4n) is 1.90. The van der Waals surface area contributed by atoms with Crippen LogP contribution < -0.4 is 0 Å². The van der Waals surface area contributed by atoms with E-state index in [0.717, 1.165) is 12.8 Å². The number of carbonyl (C=O) groups is 1. The van der Waals surface area contributed by atoms with E-state index in [0.29, 0.717) is 18.8 Å². The van der Waals surface area contributed by atoms with Crippen molar-refractivity contribution in [2.24, 2.45) is 0 Å². The summed E-state index contributed by atoms with van der Waals surface area (Å²) in [6, 6.07) is 5.92. The average Bonchev–Trinajstić information content (AvgIpc) is 2.52. The van der Waals surface area contributed by atoms with E-state index in [1.165, 1.54) is 37.1 Å². The van der Waals surface area contributed by atoms with Crippen LogP contribution in [-0.4, -0.2) is 37.2 Å². The summed E-state index contributed by atoms with van der Waals surface area (Å²) >= 11 is 0. The molecule has 22 heavy (non-hydrogen) atoms. The van der Waals surface area contributed by atoms with Crippen LogP contribution in [0.3, 0.4) is 0 Å². The van der Waals surface area contributed by atoms with E-state index in [1.807, 2.05) is 6.92 Å². The Morgan fingerprint density at radius 2 is 1.82 bits per heavy atom. The van der Waals surface area contributed by atoms with Crippen LogP contribution in [0.4, 0.5) is 0 Å². The molecule has 0 aliphatic rings. The molecule has 0 saturated heterocycles. The number of benzene rings is 1. The third-order valence-corrected chi connectivity index (χ3v) is 3.11. The molecule has 0 saturated carbocycles. The summed E-state index contributed by atoms with van der Waals surface area (Å²) < 4.78 is 16.2. The molecule has 0 spiro atoms. The Morgan fingerprint density at radius 1 is 1.09 bits per heavy atom. The van der Waals surface area contributed by atoms with Gasteiger partial charge >= 0.3 is 5.97 Å². The Hall–Kier alpha value is -1.59. The van der Waals surface area contributed by atoms with Gasteiger partial charge in [-0.3, -0.25) is 0 Å². The quantitative estimate of drug-likeness (QED) is 0.385. The molecule has 1 N–H and O–H groups in total. The molecular weight excluding hydrogens is 284 g/mol. The fourth-order valence-corrected chi connectivity index (χ4v) is 1.90. The monoisotopic (exact) mass is 310 g/mol. The highest BCUT2D eigenvalue weighted by molar-refractivity contribution is 5.89. The van der Waals surface area contributed by atoms with Crippen LogP contribution in [0.25, 0.3) is 0 Å². The van der Waals surface area contributed by atoms with Crippen LogP contribution in [-0.2, 0) is 14.2 Å². The summed E-state index contributed by atoms with van der Waals surface area (Å²) in [5.41, 5.74) is 0.385. The Bertz CT molecular complexity index is 416.